The van der Waals surface area contributed by atoms with Gasteiger partial charge in [0.2, 0.25) is 11.8 Å². The van der Waals surface area contributed by atoms with Crippen LogP contribution in [0.2, 0.25) is 0 Å². The van der Waals surface area contributed by atoms with E-state index in [1.807, 2.05) is 24.3 Å². The topological polar surface area (TPSA) is 52.7 Å². The molecular formula is C19H27N3O2. The Morgan fingerprint density at radius 3 is 2.67 bits per heavy atom. The molecule has 130 valence electrons. The first-order valence-electron chi connectivity index (χ1n) is 8.94. The summed E-state index contributed by atoms with van der Waals surface area (Å²) in [5.41, 5.74) is 1.63. The summed E-state index contributed by atoms with van der Waals surface area (Å²) in [6, 6.07) is 7.58. The fourth-order valence-electron chi connectivity index (χ4n) is 4.00. The highest BCUT2D eigenvalue weighted by Gasteiger charge is 2.24. The molecule has 1 aromatic rings. The van der Waals surface area contributed by atoms with Gasteiger partial charge < -0.3 is 10.2 Å². The molecule has 2 heterocycles. The lowest BCUT2D eigenvalue weighted by Gasteiger charge is -2.34. The van der Waals surface area contributed by atoms with Crippen molar-refractivity contribution in [1.29, 1.82) is 0 Å². The van der Waals surface area contributed by atoms with Crippen molar-refractivity contribution in [3.63, 3.8) is 0 Å². The average molecular weight is 329 g/mol. The molecule has 2 atom stereocenters. The fraction of sp³-hybridized carbons (Fsp3) is 0.579. The molecule has 5 heteroatoms. The number of nitrogens with zero attached hydrogens (tertiary/aromatic N) is 2. The van der Waals surface area contributed by atoms with E-state index in [2.05, 4.69) is 24.1 Å². The molecule has 0 saturated carbocycles. The summed E-state index contributed by atoms with van der Waals surface area (Å²) in [4.78, 5) is 28.3. The van der Waals surface area contributed by atoms with E-state index in [4.69, 9.17) is 0 Å². The lowest BCUT2D eigenvalue weighted by molar-refractivity contribution is -0.118. The first kappa shape index (κ1) is 17.0. The van der Waals surface area contributed by atoms with Crippen molar-refractivity contribution in [1.82, 2.24) is 4.90 Å². The van der Waals surface area contributed by atoms with Crippen LogP contribution in [0.5, 0.6) is 0 Å². The standard InChI is InChI=1S/C19H27N3O2/c1-14-9-15(2)12-21(11-14)13-18(23)20-16-5-3-6-17(10-16)22-8-4-7-19(22)24/h3,5-6,10,14-15H,4,7-9,11-13H2,1-2H3,(H,20,23)/t14-,15-/m1/s1. The van der Waals surface area contributed by atoms with E-state index in [0.717, 1.165) is 37.4 Å². The summed E-state index contributed by atoms with van der Waals surface area (Å²) < 4.78 is 0. The van der Waals surface area contributed by atoms with Crippen molar-refractivity contribution in [2.75, 3.05) is 36.4 Å². The van der Waals surface area contributed by atoms with Gasteiger partial charge in [0.25, 0.3) is 0 Å². The highest BCUT2D eigenvalue weighted by Crippen LogP contribution is 2.24. The van der Waals surface area contributed by atoms with Crippen molar-refractivity contribution in [2.45, 2.75) is 33.1 Å². The maximum Gasteiger partial charge on any atom is 0.238 e. The molecule has 5 nitrogen and oxygen atoms in total. The summed E-state index contributed by atoms with van der Waals surface area (Å²) in [6.07, 6.45) is 2.76. The predicted molar refractivity (Wildman–Crippen MR) is 96.0 cm³/mol. The number of carbonyl (C=O) groups excluding carboxylic acids is 2. The second-order valence-corrected chi connectivity index (χ2v) is 7.39. The second-order valence-electron chi connectivity index (χ2n) is 7.39. The second kappa shape index (κ2) is 7.34. The van der Waals surface area contributed by atoms with Crippen molar-refractivity contribution < 1.29 is 9.59 Å². The summed E-state index contributed by atoms with van der Waals surface area (Å²) >= 11 is 0. The van der Waals surface area contributed by atoms with Gasteiger partial charge in [-0.1, -0.05) is 19.9 Å². The third-order valence-electron chi connectivity index (χ3n) is 4.83. The van der Waals surface area contributed by atoms with Crippen LogP contribution in [0.4, 0.5) is 11.4 Å². The van der Waals surface area contributed by atoms with Crippen molar-refractivity contribution in [2.24, 2.45) is 11.8 Å². The van der Waals surface area contributed by atoms with Gasteiger partial charge in [-0.05, 0) is 42.9 Å². The fourth-order valence-corrected chi connectivity index (χ4v) is 4.00. The Balaban J connectivity index is 1.59. The van der Waals surface area contributed by atoms with Crippen LogP contribution in [0, 0.1) is 11.8 Å². The lowest BCUT2D eigenvalue weighted by atomic mass is 9.92. The number of likely N-dealkylation sites (tertiary alicyclic amines) is 1. The molecule has 0 bridgehead atoms. The van der Waals surface area contributed by atoms with Crippen LogP contribution in [-0.2, 0) is 9.59 Å². The molecule has 2 amide bonds. The van der Waals surface area contributed by atoms with Crippen molar-refractivity contribution >= 4 is 23.2 Å². The molecule has 2 saturated heterocycles. The SMILES string of the molecule is C[C@@H]1C[C@@H](C)CN(CC(=O)Nc2cccc(N3CCCC3=O)c2)C1. The largest absolute Gasteiger partial charge is 0.325 e. The van der Waals surface area contributed by atoms with Gasteiger partial charge in [-0.3, -0.25) is 14.5 Å². The molecule has 24 heavy (non-hydrogen) atoms. The van der Waals surface area contributed by atoms with Gasteiger partial charge in [-0.25, -0.2) is 0 Å². The quantitative estimate of drug-likeness (QED) is 0.924. The number of anilines is 2. The number of rotatable bonds is 4. The average Bonchev–Trinajstić information content (AvgIpc) is 2.92. The highest BCUT2D eigenvalue weighted by atomic mass is 16.2. The highest BCUT2D eigenvalue weighted by molar-refractivity contribution is 5.97. The molecular weight excluding hydrogens is 302 g/mol. The van der Waals surface area contributed by atoms with Crippen molar-refractivity contribution in [3.05, 3.63) is 24.3 Å². The molecule has 0 spiro atoms. The summed E-state index contributed by atoms with van der Waals surface area (Å²) in [5, 5.41) is 2.98. The normalized spacial score (nSPS) is 25.1. The molecule has 0 unspecified atom stereocenters. The molecule has 1 N–H and O–H groups in total. The first-order valence-corrected chi connectivity index (χ1v) is 8.94. The smallest absolute Gasteiger partial charge is 0.238 e. The zero-order chi connectivity index (χ0) is 17.1. The summed E-state index contributed by atoms with van der Waals surface area (Å²) in [5.74, 6) is 1.47. The Kier molecular flexibility index (Phi) is 5.19. The minimum Gasteiger partial charge on any atom is -0.325 e. The first-order chi connectivity index (χ1) is 11.5. The van der Waals surface area contributed by atoms with E-state index < -0.39 is 0 Å². The maximum absolute atomic E-state index is 12.4. The van der Waals surface area contributed by atoms with E-state index in [0.29, 0.717) is 24.8 Å². The van der Waals surface area contributed by atoms with Crippen LogP contribution in [0.3, 0.4) is 0 Å². The van der Waals surface area contributed by atoms with E-state index >= 15 is 0 Å². The summed E-state index contributed by atoms with van der Waals surface area (Å²) in [6.45, 7) is 7.66. The van der Waals surface area contributed by atoms with Crippen molar-refractivity contribution in [3.8, 4) is 0 Å². The van der Waals surface area contributed by atoms with Gasteiger partial charge in [0.15, 0.2) is 0 Å². The van der Waals surface area contributed by atoms with E-state index in [1.165, 1.54) is 6.42 Å². The number of benzene rings is 1. The molecule has 2 fully saturated rings. The maximum atomic E-state index is 12.4. The third-order valence-corrected chi connectivity index (χ3v) is 4.83. The molecule has 2 aliphatic rings. The number of amides is 2. The Morgan fingerprint density at radius 1 is 1.25 bits per heavy atom. The molecule has 3 rings (SSSR count). The van der Waals surface area contributed by atoms with Crippen LogP contribution in [0.1, 0.15) is 33.1 Å². The van der Waals surface area contributed by atoms with E-state index in [9.17, 15) is 9.59 Å². The van der Waals surface area contributed by atoms with Crippen LogP contribution >= 0.6 is 0 Å². The lowest BCUT2D eigenvalue weighted by Crippen LogP contribution is -2.42. The molecule has 1 aromatic carbocycles. The Bertz CT molecular complexity index is 606. The predicted octanol–water partition coefficient (Wildman–Crippen LogP) is 2.73. The minimum absolute atomic E-state index is 0.0150. The summed E-state index contributed by atoms with van der Waals surface area (Å²) in [7, 11) is 0. The van der Waals surface area contributed by atoms with Gasteiger partial charge >= 0.3 is 0 Å². The van der Waals surface area contributed by atoms with Gasteiger partial charge in [0.1, 0.15) is 0 Å². The van der Waals surface area contributed by atoms with Crippen LogP contribution in [0.15, 0.2) is 24.3 Å². The zero-order valence-electron chi connectivity index (χ0n) is 14.6. The van der Waals surface area contributed by atoms with Gasteiger partial charge in [-0.2, -0.15) is 0 Å². The number of piperidine rings is 1. The number of nitrogens with one attached hydrogen (secondary N) is 1. The minimum atomic E-state index is 0.0150. The Hall–Kier alpha value is -1.88. The monoisotopic (exact) mass is 329 g/mol. The Morgan fingerprint density at radius 2 is 2.00 bits per heavy atom. The van der Waals surface area contributed by atoms with Gasteiger partial charge in [0, 0.05) is 37.4 Å². The molecule has 0 radical (unpaired) electrons. The van der Waals surface area contributed by atoms with Crippen LogP contribution in [0.25, 0.3) is 0 Å². The van der Waals surface area contributed by atoms with Gasteiger partial charge in [-0.15, -0.1) is 0 Å². The number of carbonyl (C=O) groups is 2. The van der Waals surface area contributed by atoms with E-state index in [1.54, 1.807) is 4.90 Å². The van der Waals surface area contributed by atoms with Gasteiger partial charge in [0.05, 0.1) is 6.54 Å². The van der Waals surface area contributed by atoms with E-state index in [-0.39, 0.29) is 11.8 Å². The van der Waals surface area contributed by atoms with Crippen LogP contribution in [-0.4, -0.2) is 42.9 Å². The number of hydrogen-bond acceptors (Lipinski definition) is 3. The zero-order valence-corrected chi connectivity index (χ0v) is 14.6. The molecule has 0 aromatic heterocycles. The molecule has 2 aliphatic heterocycles. The number of hydrogen-bond donors (Lipinski definition) is 1. The van der Waals surface area contributed by atoms with Crippen LogP contribution < -0.4 is 10.2 Å². The molecule has 0 aliphatic carbocycles. The third kappa shape index (κ3) is 4.15. The Labute approximate surface area is 144 Å².